The van der Waals surface area contributed by atoms with Crippen molar-refractivity contribution in [3.05, 3.63) is 0 Å². The summed E-state index contributed by atoms with van der Waals surface area (Å²) in [5.41, 5.74) is 0. The summed E-state index contributed by atoms with van der Waals surface area (Å²) in [7, 11) is 0. The van der Waals surface area contributed by atoms with Gasteiger partial charge in [-0.15, -0.1) is 0 Å². The molecule has 11 heteroatoms. The topological polar surface area (TPSA) is 163 Å². The number of carbonyl (C=O) groups is 6. The standard InChI is InChI=1S/3C6H10O3.2Al/c3*1-2-3-5(7)4-6(8)9;;/h3*2-4H2,1H3,(H,8,9);;/q;;;2*+3. The minimum atomic E-state index is -1.03. The summed E-state index contributed by atoms with van der Waals surface area (Å²) in [6.07, 6.45) is 2.35. The molecule has 0 aliphatic rings. The fourth-order valence-electron chi connectivity index (χ4n) is 1.61. The number of rotatable bonds is 12. The molecule has 0 radical (unpaired) electrons. The van der Waals surface area contributed by atoms with Crippen LogP contribution < -0.4 is 0 Å². The Morgan fingerprint density at radius 2 is 0.655 bits per heavy atom. The van der Waals surface area contributed by atoms with Crippen molar-refractivity contribution in [3.8, 4) is 0 Å². The van der Waals surface area contributed by atoms with Crippen LogP contribution in [0.2, 0.25) is 0 Å². The molecule has 0 unspecified atom stereocenters. The van der Waals surface area contributed by atoms with Gasteiger partial charge < -0.3 is 15.3 Å². The predicted molar refractivity (Wildman–Crippen MR) is 108 cm³/mol. The second-order valence-corrected chi connectivity index (χ2v) is 5.58. The first-order valence-corrected chi connectivity index (χ1v) is 8.70. The molecule has 0 spiro atoms. The molecular formula is C18H30Al2O9+6. The van der Waals surface area contributed by atoms with Crippen molar-refractivity contribution in [2.45, 2.75) is 78.6 Å². The summed E-state index contributed by atoms with van der Waals surface area (Å²) in [5.74, 6) is -3.67. The molecule has 9 nitrogen and oxygen atoms in total. The summed E-state index contributed by atoms with van der Waals surface area (Å²) < 4.78 is 0. The van der Waals surface area contributed by atoms with Crippen LogP contribution in [0.4, 0.5) is 0 Å². The van der Waals surface area contributed by atoms with E-state index in [1.807, 2.05) is 20.8 Å². The van der Waals surface area contributed by atoms with Crippen LogP contribution in [-0.4, -0.2) is 85.3 Å². The van der Waals surface area contributed by atoms with Crippen molar-refractivity contribution in [1.29, 1.82) is 0 Å². The van der Waals surface area contributed by atoms with E-state index in [0.717, 1.165) is 19.3 Å². The summed E-state index contributed by atoms with van der Waals surface area (Å²) >= 11 is 0. The molecule has 0 fully saturated rings. The summed E-state index contributed by atoms with van der Waals surface area (Å²) in [6.45, 7) is 5.54. The number of aliphatic carboxylic acids is 3. The van der Waals surface area contributed by atoms with Crippen LogP contribution in [0.15, 0.2) is 0 Å². The molecule has 0 bridgehead atoms. The molecule has 0 aliphatic heterocycles. The van der Waals surface area contributed by atoms with Gasteiger partial charge in [-0.3, -0.25) is 28.8 Å². The van der Waals surface area contributed by atoms with Gasteiger partial charge in [0.05, 0.1) is 0 Å². The molecule has 0 atom stereocenters. The van der Waals surface area contributed by atoms with Gasteiger partial charge in [-0.05, 0) is 19.3 Å². The van der Waals surface area contributed by atoms with E-state index < -0.39 is 17.9 Å². The summed E-state index contributed by atoms with van der Waals surface area (Å²) in [5, 5.41) is 24.3. The first-order chi connectivity index (χ1) is 12.5. The zero-order chi connectivity index (χ0) is 21.8. The second kappa shape index (κ2) is 26.5. The molecule has 156 valence electrons. The minimum absolute atomic E-state index is 0. The van der Waals surface area contributed by atoms with Crippen LogP contribution in [0, 0.1) is 0 Å². The molecule has 0 amide bonds. The fourth-order valence-corrected chi connectivity index (χ4v) is 1.61. The van der Waals surface area contributed by atoms with Gasteiger partial charge in [-0.1, -0.05) is 20.8 Å². The van der Waals surface area contributed by atoms with Gasteiger partial charge in [0.25, 0.3) is 0 Å². The van der Waals surface area contributed by atoms with Gasteiger partial charge in [0.1, 0.15) is 36.6 Å². The van der Waals surface area contributed by atoms with Crippen molar-refractivity contribution >= 4 is 70.0 Å². The normalized spacial score (nSPS) is 8.38. The largest absolute Gasteiger partial charge is 3.00 e. The first-order valence-electron chi connectivity index (χ1n) is 8.70. The molecule has 0 saturated heterocycles. The average molecular weight is 444 g/mol. The van der Waals surface area contributed by atoms with Crippen LogP contribution in [0.5, 0.6) is 0 Å². The Morgan fingerprint density at radius 1 is 0.483 bits per heavy atom. The molecule has 0 rings (SSSR count). The van der Waals surface area contributed by atoms with E-state index >= 15 is 0 Å². The Labute approximate surface area is 192 Å². The van der Waals surface area contributed by atoms with Crippen molar-refractivity contribution in [2.75, 3.05) is 0 Å². The van der Waals surface area contributed by atoms with E-state index in [-0.39, 0.29) is 71.3 Å². The van der Waals surface area contributed by atoms with E-state index in [0.29, 0.717) is 19.3 Å². The zero-order valence-corrected chi connectivity index (χ0v) is 19.6. The van der Waals surface area contributed by atoms with E-state index in [9.17, 15) is 28.8 Å². The fraction of sp³-hybridized carbons (Fsp3) is 0.667. The third-order valence-corrected chi connectivity index (χ3v) is 2.63. The summed E-state index contributed by atoms with van der Waals surface area (Å²) in [4.78, 5) is 61.0. The van der Waals surface area contributed by atoms with E-state index in [1.54, 1.807) is 0 Å². The Hall–Kier alpha value is -1.52. The Morgan fingerprint density at radius 3 is 0.759 bits per heavy atom. The Kier molecular flexibility index (Phi) is 34.8. The van der Waals surface area contributed by atoms with Gasteiger partial charge in [-0.25, -0.2) is 0 Å². The smallest absolute Gasteiger partial charge is 0.481 e. The molecular weight excluding hydrogens is 414 g/mol. The molecule has 0 aromatic rings. The number of ketones is 3. The number of carboxylic acid groups (broad SMARTS) is 3. The third-order valence-electron chi connectivity index (χ3n) is 2.63. The van der Waals surface area contributed by atoms with Crippen molar-refractivity contribution < 1.29 is 44.1 Å². The van der Waals surface area contributed by atoms with Gasteiger partial charge in [0.2, 0.25) is 0 Å². The van der Waals surface area contributed by atoms with E-state index in [2.05, 4.69) is 0 Å². The third kappa shape index (κ3) is 41.8. The summed E-state index contributed by atoms with van der Waals surface area (Å²) in [6, 6.07) is 0. The van der Waals surface area contributed by atoms with Gasteiger partial charge in [0, 0.05) is 19.3 Å². The van der Waals surface area contributed by atoms with Crippen molar-refractivity contribution in [1.82, 2.24) is 0 Å². The molecule has 0 saturated carbocycles. The van der Waals surface area contributed by atoms with Crippen molar-refractivity contribution in [2.24, 2.45) is 0 Å². The van der Waals surface area contributed by atoms with E-state index in [1.165, 1.54) is 0 Å². The Bertz CT molecular complexity index is 434. The Balaban J connectivity index is -0.0000000960. The molecule has 0 aromatic carbocycles. The van der Waals surface area contributed by atoms with Gasteiger partial charge in [-0.2, -0.15) is 0 Å². The molecule has 29 heavy (non-hydrogen) atoms. The number of carboxylic acids is 3. The monoisotopic (exact) mass is 444 g/mol. The molecule has 0 heterocycles. The molecule has 0 aromatic heterocycles. The van der Waals surface area contributed by atoms with E-state index in [4.69, 9.17) is 15.3 Å². The SMILES string of the molecule is CCCC(=O)CC(=O)O.CCCC(=O)CC(=O)O.CCCC(=O)CC(=O)O.[Al+3].[Al+3]. The number of Topliss-reactive ketones (excluding diaryl/α,β-unsaturated/α-hetero) is 3. The van der Waals surface area contributed by atoms with Crippen LogP contribution in [-0.2, 0) is 28.8 Å². The molecule has 3 N–H and O–H groups in total. The van der Waals surface area contributed by atoms with Crippen molar-refractivity contribution in [3.63, 3.8) is 0 Å². The van der Waals surface area contributed by atoms with Crippen LogP contribution in [0.25, 0.3) is 0 Å². The minimum Gasteiger partial charge on any atom is -0.481 e. The maximum absolute atomic E-state index is 10.5. The second-order valence-electron chi connectivity index (χ2n) is 5.58. The quantitative estimate of drug-likeness (QED) is 0.300. The van der Waals surface area contributed by atoms with Crippen LogP contribution >= 0.6 is 0 Å². The maximum atomic E-state index is 10.5. The number of hydrogen-bond donors (Lipinski definition) is 3. The molecule has 0 aliphatic carbocycles. The van der Waals surface area contributed by atoms with Gasteiger partial charge in [0.15, 0.2) is 0 Å². The predicted octanol–water partition coefficient (Wildman–Crippen LogP) is 1.73. The average Bonchev–Trinajstić information content (AvgIpc) is 2.46. The van der Waals surface area contributed by atoms with Gasteiger partial charge >= 0.3 is 52.6 Å². The first kappa shape index (κ1) is 38.1. The maximum Gasteiger partial charge on any atom is 3.00 e. The number of hydrogen-bond acceptors (Lipinski definition) is 6. The van der Waals surface area contributed by atoms with Crippen LogP contribution in [0.3, 0.4) is 0 Å². The zero-order valence-electron chi connectivity index (χ0n) is 17.3. The van der Waals surface area contributed by atoms with Crippen LogP contribution in [0.1, 0.15) is 78.6 Å². The number of carbonyl (C=O) groups excluding carboxylic acids is 3.